The molecule has 210 valence electrons. The Morgan fingerprint density at radius 2 is 1.59 bits per heavy atom. The first-order chi connectivity index (χ1) is 16.9. The van der Waals surface area contributed by atoms with E-state index in [1.807, 2.05) is 0 Å². The molecule has 0 aromatic carbocycles. The predicted octanol–water partition coefficient (Wildman–Crippen LogP) is 8.38. The molecule has 0 aromatic heterocycles. The van der Waals surface area contributed by atoms with Crippen LogP contribution in [-0.4, -0.2) is 25.5 Å². The average molecular weight is 529 g/mol. The first-order valence-electron chi connectivity index (χ1n) is 15.6. The van der Waals surface area contributed by atoms with Crippen LogP contribution in [0.25, 0.3) is 0 Å². The summed E-state index contributed by atoms with van der Waals surface area (Å²) in [5.41, 5.74) is 1.89. The highest BCUT2D eigenvalue weighted by Gasteiger charge is 2.69. The molecule has 0 saturated heterocycles. The van der Waals surface area contributed by atoms with Crippen molar-refractivity contribution in [2.45, 2.75) is 132 Å². The van der Waals surface area contributed by atoms with Gasteiger partial charge in [-0.05, 0) is 129 Å². The van der Waals surface area contributed by atoms with Crippen LogP contribution in [0, 0.1) is 56.7 Å². The molecule has 3 nitrogen and oxygen atoms in total. The van der Waals surface area contributed by atoms with E-state index < -0.39 is 8.32 Å². The van der Waals surface area contributed by atoms with Gasteiger partial charge < -0.3 is 9.53 Å². The Hall–Kier alpha value is -0.613. The minimum atomic E-state index is -1.97. The molecule has 0 bridgehead atoms. The number of hydrogen-bond donors (Lipinski definition) is 1. The van der Waals surface area contributed by atoms with Crippen molar-refractivity contribution in [3.05, 3.63) is 11.6 Å². The van der Waals surface area contributed by atoms with Crippen molar-refractivity contribution in [2.24, 2.45) is 56.7 Å². The summed E-state index contributed by atoms with van der Waals surface area (Å²) in [5.74, 6) is 2.79. The maximum Gasteiger partial charge on any atom is 0.299 e. The normalized spacial score (nSPS) is 51.1. The van der Waals surface area contributed by atoms with Gasteiger partial charge in [0.25, 0.3) is 5.97 Å². The van der Waals surface area contributed by atoms with E-state index in [1.54, 1.807) is 5.57 Å². The van der Waals surface area contributed by atoms with E-state index in [0.717, 1.165) is 44.9 Å². The van der Waals surface area contributed by atoms with E-state index in [9.17, 15) is 9.90 Å². The molecule has 0 amide bonds. The number of carbonyl (C=O) groups is 1. The van der Waals surface area contributed by atoms with Gasteiger partial charge in [-0.25, -0.2) is 0 Å². The highest BCUT2D eigenvalue weighted by molar-refractivity contribution is 6.71. The van der Waals surface area contributed by atoms with E-state index in [-0.39, 0.29) is 39.1 Å². The Labute approximate surface area is 228 Å². The van der Waals surface area contributed by atoms with E-state index in [0.29, 0.717) is 29.6 Å². The quantitative estimate of drug-likeness (QED) is 0.289. The molecule has 37 heavy (non-hydrogen) atoms. The summed E-state index contributed by atoms with van der Waals surface area (Å²) in [6.45, 7) is 23.8. The van der Waals surface area contributed by atoms with Gasteiger partial charge >= 0.3 is 0 Å². The van der Waals surface area contributed by atoms with Crippen LogP contribution in [0.1, 0.15) is 106 Å². The topological polar surface area (TPSA) is 46.5 Å². The van der Waals surface area contributed by atoms with E-state index >= 15 is 0 Å². The summed E-state index contributed by atoms with van der Waals surface area (Å²) in [5, 5.41) is 11.0. The molecule has 0 spiro atoms. The molecular weight excluding hydrogens is 472 g/mol. The van der Waals surface area contributed by atoms with E-state index in [2.05, 4.69) is 74.2 Å². The fourth-order valence-electron chi connectivity index (χ4n) is 11.2. The molecule has 1 unspecified atom stereocenters. The van der Waals surface area contributed by atoms with Gasteiger partial charge in [-0.2, -0.15) is 0 Å². The molecule has 5 rings (SSSR count). The minimum Gasteiger partial charge on any atom is -0.519 e. The Balaban J connectivity index is 1.59. The van der Waals surface area contributed by atoms with Gasteiger partial charge in [0.15, 0.2) is 0 Å². The summed E-state index contributed by atoms with van der Waals surface area (Å²) < 4.78 is 6.33. The van der Waals surface area contributed by atoms with Gasteiger partial charge in [0.1, 0.15) is 0 Å². The van der Waals surface area contributed by atoms with Crippen LogP contribution < -0.4 is 0 Å². The molecule has 4 heteroatoms. The summed E-state index contributed by atoms with van der Waals surface area (Å²) in [6.07, 6.45) is 12.4. The van der Waals surface area contributed by atoms with Crippen molar-refractivity contribution in [3.8, 4) is 0 Å². The van der Waals surface area contributed by atoms with Crippen molar-refractivity contribution in [2.75, 3.05) is 0 Å². The van der Waals surface area contributed by atoms with E-state index in [1.165, 1.54) is 12.8 Å². The largest absolute Gasteiger partial charge is 0.519 e. The average Bonchev–Trinajstić information content (AvgIpc) is 2.78. The fraction of sp³-hybridized carbons (Fsp3) is 0.909. The molecule has 0 aromatic rings. The lowest BCUT2D eigenvalue weighted by Gasteiger charge is -2.71. The summed E-state index contributed by atoms with van der Waals surface area (Å²) in [6, 6.07) is 0. The van der Waals surface area contributed by atoms with Crippen molar-refractivity contribution in [3.63, 3.8) is 0 Å². The van der Waals surface area contributed by atoms with E-state index in [4.69, 9.17) is 4.43 Å². The highest BCUT2D eigenvalue weighted by Crippen LogP contribution is 2.75. The second-order valence-corrected chi connectivity index (χ2v) is 21.1. The maximum absolute atomic E-state index is 14.1. The molecule has 1 N–H and O–H groups in total. The van der Waals surface area contributed by atoms with Gasteiger partial charge in [-0.1, -0.05) is 60.1 Å². The van der Waals surface area contributed by atoms with Crippen LogP contribution in [0.4, 0.5) is 0 Å². The van der Waals surface area contributed by atoms with Crippen LogP contribution in [0.15, 0.2) is 11.6 Å². The Kier molecular flexibility index (Phi) is 6.38. The number of aliphatic hydroxyl groups is 1. The number of hydrogen-bond acceptors (Lipinski definition) is 3. The SMILES string of the molecule is C[C@H]1[C@H](C)CC[C@]2(C(=O)O[Si](C)(C)C)CC[C@]3(C)C(=CC[C@@H]4[C@@]5(C)CC[C@H](O)C(C)(C)C5CC[C@]43C)[C@H]12. The molecule has 5 aliphatic carbocycles. The van der Waals surface area contributed by atoms with Crippen LogP contribution >= 0.6 is 0 Å². The molecule has 4 fully saturated rings. The third-order valence-electron chi connectivity index (χ3n) is 13.8. The number of allylic oxidation sites excluding steroid dienone is 2. The van der Waals surface area contributed by atoms with Gasteiger partial charge in [0.2, 0.25) is 8.32 Å². The standard InChI is InChI=1S/C33H56O3Si/c1-21-13-18-33(28(35)36-37(8,9)10)20-19-31(6)23(27(33)22(21)2)11-12-25-30(5)16-15-26(34)29(3,4)24(30)14-17-32(25,31)7/h11,21-22,24-27,34H,12-20H2,1-10H3/t21-,22+,24?,25-,26+,27+,30+,31-,32-,33+/m1/s1. The number of rotatable bonds is 2. The molecule has 0 radical (unpaired) electrons. The van der Waals surface area contributed by atoms with Crippen molar-refractivity contribution < 1.29 is 14.3 Å². The van der Waals surface area contributed by atoms with Crippen LogP contribution in [-0.2, 0) is 9.22 Å². The van der Waals surface area contributed by atoms with Gasteiger partial charge in [0.05, 0.1) is 11.5 Å². The summed E-state index contributed by atoms with van der Waals surface area (Å²) >= 11 is 0. The first-order valence-corrected chi connectivity index (χ1v) is 19.0. The maximum atomic E-state index is 14.1. The zero-order chi connectivity index (χ0) is 27.4. The Morgan fingerprint density at radius 3 is 2.24 bits per heavy atom. The third kappa shape index (κ3) is 3.69. The van der Waals surface area contributed by atoms with Crippen LogP contribution in [0.5, 0.6) is 0 Å². The highest BCUT2D eigenvalue weighted by atomic mass is 28.4. The lowest BCUT2D eigenvalue weighted by Crippen LogP contribution is -2.65. The van der Waals surface area contributed by atoms with Gasteiger partial charge in [-0.3, -0.25) is 4.79 Å². The first kappa shape index (κ1) is 27.9. The van der Waals surface area contributed by atoms with Crippen molar-refractivity contribution >= 4 is 14.3 Å². The molecule has 10 atom stereocenters. The molecule has 5 aliphatic rings. The van der Waals surface area contributed by atoms with Crippen molar-refractivity contribution in [1.82, 2.24) is 0 Å². The zero-order valence-corrected chi connectivity index (χ0v) is 26.7. The fourth-order valence-corrected chi connectivity index (χ4v) is 12.0. The summed E-state index contributed by atoms with van der Waals surface area (Å²) in [4.78, 5) is 14.1. The molecular formula is C33H56O3Si. The zero-order valence-electron chi connectivity index (χ0n) is 25.7. The number of fused-ring (bicyclic) bond motifs is 7. The third-order valence-corrected chi connectivity index (χ3v) is 14.6. The molecule has 0 heterocycles. The molecule has 4 saturated carbocycles. The minimum absolute atomic E-state index is 0.0190. The predicted molar refractivity (Wildman–Crippen MR) is 154 cm³/mol. The Bertz CT molecular complexity index is 979. The van der Waals surface area contributed by atoms with Gasteiger partial charge in [0, 0.05) is 0 Å². The Morgan fingerprint density at radius 1 is 0.919 bits per heavy atom. The second-order valence-electron chi connectivity index (χ2n) is 16.7. The monoisotopic (exact) mass is 528 g/mol. The van der Waals surface area contributed by atoms with Crippen molar-refractivity contribution in [1.29, 1.82) is 0 Å². The lowest BCUT2D eigenvalue weighted by molar-refractivity contribution is -0.206. The van der Waals surface area contributed by atoms with Crippen LogP contribution in [0.3, 0.4) is 0 Å². The smallest absolute Gasteiger partial charge is 0.299 e. The lowest BCUT2D eigenvalue weighted by atomic mass is 9.33. The molecule has 0 aliphatic heterocycles. The van der Waals surface area contributed by atoms with Crippen LogP contribution in [0.2, 0.25) is 19.6 Å². The number of carbonyl (C=O) groups excluding carboxylic acids is 1. The number of aliphatic hydroxyl groups excluding tert-OH is 1. The summed E-state index contributed by atoms with van der Waals surface area (Å²) in [7, 11) is -1.97. The van der Waals surface area contributed by atoms with Gasteiger partial charge in [-0.15, -0.1) is 0 Å². The second kappa shape index (κ2) is 8.45.